The molecule has 0 aromatic heterocycles. The summed E-state index contributed by atoms with van der Waals surface area (Å²) in [6, 6.07) is 15.4. The van der Waals surface area contributed by atoms with Crippen LogP contribution in [0.2, 0.25) is 0 Å². The first-order valence-corrected chi connectivity index (χ1v) is 9.60. The van der Waals surface area contributed by atoms with E-state index in [1.807, 2.05) is 48.5 Å². The molecule has 1 amide bonds. The molecule has 6 heteroatoms. The fraction of sp³-hybridized carbons (Fsp3) is 0.158. The Morgan fingerprint density at radius 2 is 2.00 bits per heavy atom. The molecule has 0 saturated carbocycles. The quantitative estimate of drug-likeness (QED) is 0.373. The smallest absolute Gasteiger partial charge is 0.250 e. The number of hydrazone groups is 1. The first-order valence-electron chi connectivity index (χ1n) is 7.66. The molecule has 25 heavy (non-hydrogen) atoms. The van der Waals surface area contributed by atoms with Crippen molar-refractivity contribution in [2.75, 3.05) is 12.4 Å². The summed E-state index contributed by atoms with van der Waals surface area (Å²) in [4.78, 5) is 11.8. The average Bonchev–Trinajstić information content (AvgIpc) is 2.63. The monoisotopic (exact) mass is 418 g/mol. The lowest BCUT2D eigenvalue weighted by atomic mass is 10.2. The number of thioether (sulfide) groups is 1. The molecule has 0 saturated heterocycles. The van der Waals surface area contributed by atoms with Gasteiger partial charge < -0.3 is 4.74 Å². The highest BCUT2D eigenvalue weighted by atomic mass is 79.9. The highest BCUT2D eigenvalue weighted by Gasteiger charge is 2.03. The Morgan fingerprint density at radius 1 is 1.24 bits per heavy atom. The van der Waals surface area contributed by atoms with Crippen LogP contribution in [-0.4, -0.2) is 24.5 Å². The summed E-state index contributed by atoms with van der Waals surface area (Å²) >= 11 is 5.04. The highest BCUT2D eigenvalue weighted by molar-refractivity contribution is 9.10. The minimum atomic E-state index is -0.126. The molecule has 2 aromatic rings. The van der Waals surface area contributed by atoms with Gasteiger partial charge in [-0.1, -0.05) is 46.8 Å². The van der Waals surface area contributed by atoms with Crippen molar-refractivity contribution in [2.24, 2.45) is 5.10 Å². The molecule has 0 unspecified atom stereocenters. The van der Waals surface area contributed by atoms with E-state index in [1.165, 1.54) is 5.56 Å². The van der Waals surface area contributed by atoms with Crippen molar-refractivity contribution < 1.29 is 9.53 Å². The third-order valence-corrected chi connectivity index (χ3v) is 4.85. The maximum Gasteiger partial charge on any atom is 0.250 e. The van der Waals surface area contributed by atoms with Crippen LogP contribution in [0.3, 0.4) is 0 Å². The lowest BCUT2D eigenvalue weighted by molar-refractivity contribution is -0.118. The van der Waals surface area contributed by atoms with Crippen LogP contribution >= 0.6 is 27.7 Å². The summed E-state index contributed by atoms with van der Waals surface area (Å²) in [6.07, 6.45) is 3.30. The number of nitrogens with one attached hydrogen (secondary N) is 1. The largest absolute Gasteiger partial charge is 0.490 e. The van der Waals surface area contributed by atoms with Crippen molar-refractivity contribution in [2.45, 2.75) is 5.75 Å². The van der Waals surface area contributed by atoms with E-state index in [4.69, 9.17) is 4.74 Å². The van der Waals surface area contributed by atoms with Crippen molar-refractivity contribution in [3.63, 3.8) is 0 Å². The molecule has 0 aliphatic carbocycles. The summed E-state index contributed by atoms with van der Waals surface area (Å²) in [5.41, 5.74) is 4.59. The van der Waals surface area contributed by atoms with E-state index < -0.39 is 0 Å². The first kappa shape index (κ1) is 19.3. The van der Waals surface area contributed by atoms with E-state index in [2.05, 4.69) is 33.0 Å². The number of rotatable bonds is 9. The Balaban J connectivity index is 1.71. The van der Waals surface area contributed by atoms with Gasteiger partial charge in [0.2, 0.25) is 5.91 Å². The van der Waals surface area contributed by atoms with Crippen molar-refractivity contribution in [1.82, 2.24) is 5.43 Å². The number of amides is 1. The second kappa shape index (κ2) is 10.7. The molecule has 130 valence electrons. The van der Waals surface area contributed by atoms with Gasteiger partial charge in [0.15, 0.2) is 0 Å². The molecule has 0 heterocycles. The molecule has 0 aliphatic rings. The number of halogens is 1. The number of carbonyl (C=O) groups is 1. The van der Waals surface area contributed by atoms with Crippen molar-refractivity contribution in [3.05, 3.63) is 76.8 Å². The Kier molecular flexibility index (Phi) is 8.28. The van der Waals surface area contributed by atoms with E-state index in [1.54, 1.807) is 24.1 Å². The predicted octanol–water partition coefficient (Wildman–Crippen LogP) is 4.40. The zero-order chi connectivity index (χ0) is 17.9. The topological polar surface area (TPSA) is 50.7 Å². The molecule has 0 atom stereocenters. The summed E-state index contributed by atoms with van der Waals surface area (Å²) in [5.74, 6) is 1.77. The molecule has 2 rings (SSSR count). The number of hydrogen-bond acceptors (Lipinski definition) is 4. The van der Waals surface area contributed by atoms with E-state index >= 15 is 0 Å². The van der Waals surface area contributed by atoms with Gasteiger partial charge >= 0.3 is 0 Å². The minimum absolute atomic E-state index is 0.126. The molecule has 4 nitrogen and oxygen atoms in total. The molecule has 1 N–H and O–H groups in total. The predicted molar refractivity (Wildman–Crippen MR) is 108 cm³/mol. The molecule has 0 aliphatic heterocycles. The lowest BCUT2D eigenvalue weighted by Crippen LogP contribution is -2.19. The standard InChI is InChI=1S/C19H19BrN2O2S/c1-2-11-24-17-9-7-15(8-10-17)12-21-22-19(23)14-25-13-16-5-3-4-6-18(16)20/h2-10,12H,1,11,13-14H2,(H,22,23)/b21-12-. The molecule has 0 spiro atoms. The average molecular weight is 419 g/mol. The SMILES string of the molecule is C=CCOc1ccc(/C=N\NC(=O)CSCc2ccccc2Br)cc1. The Labute approximate surface area is 160 Å². The van der Waals surface area contributed by atoms with Gasteiger partial charge in [-0.25, -0.2) is 5.43 Å². The third kappa shape index (κ3) is 7.15. The van der Waals surface area contributed by atoms with Crippen molar-refractivity contribution in [3.8, 4) is 5.75 Å². The number of benzene rings is 2. The third-order valence-electron chi connectivity index (χ3n) is 3.10. The Morgan fingerprint density at radius 3 is 2.72 bits per heavy atom. The van der Waals surface area contributed by atoms with Gasteiger partial charge in [0.1, 0.15) is 12.4 Å². The van der Waals surface area contributed by atoms with E-state index in [0.717, 1.165) is 21.5 Å². The maximum atomic E-state index is 11.8. The second-order valence-electron chi connectivity index (χ2n) is 5.05. The molecule has 0 radical (unpaired) electrons. The van der Waals surface area contributed by atoms with Crippen LogP contribution in [-0.2, 0) is 10.5 Å². The molecule has 0 bridgehead atoms. The van der Waals surface area contributed by atoms with E-state index in [-0.39, 0.29) is 5.91 Å². The number of ether oxygens (including phenoxy) is 1. The normalized spacial score (nSPS) is 10.6. The summed E-state index contributed by atoms with van der Waals surface area (Å²) < 4.78 is 6.46. The van der Waals surface area contributed by atoms with Crippen LogP contribution in [0, 0.1) is 0 Å². The van der Waals surface area contributed by atoms with Crippen LogP contribution in [0.5, 0.6) is 5.75 Å². The number of carbonyl (C=O) groups excluding carboxylic acids is 1. The molecule has 2 aromatic carbocycles. The van der Waals surface area contributed by atoms with Gasteiger partial charge in [0.05, 0.1) is 12.0 Å². The molecular weight excluding hydrogens is 400 g/mol. The van der Waals surface area contributed by atoms with E-state index in [0.29, 0.717) is 12.4 Å². The lowest BCUT2D eigenvalue weighted by Gasteiger charge is -2.04. The van der Waals surface area contributed by atoms with Gasteiger partial charge in [-0.2, -0.15) is 5.10 Å². The van der Waals surface area contributed by atoms with E-state index in [9.17, 15) is 4.79 Å². The van der Waals surface area contributed by atoms with Crippen LogP contribution < -0.4 is 10.2 Å². The Bertz CT molecular complexity index is 732. The summed E-state index contributed by atoms with van der Waals surface area (Å²) in [5, 5.41) is 3.97. The minimum Gasteiger partial charge on any atom is -0.490 e. The van der Waals surface area contributed by atoms with Crippen molar-refractivity contribution >= 4 is 39.8 Å². The fourth-order valence-corrected chi connectivity index (χ4v) is 3.32. The van der Waals surface area contributed by atoms with Crippen LogP contribution in [0.4, 0.5) is 0 Å². The van der Waals surface area contributed by atoms with Crippen LogP contribution in [0.15, 0.2) is 70.8 Å². The van der Waals surface area contributed by atoms with Gasteiger partial charge in [-0.05, 0) is 41.5 Å². The Hall–Kier alpha value is -2.05. The van der Waals surface area contributed by atoms with Gasteiger partial charge in [0.25, 0.3) is 0 Å². The van der Waals surface area contributed by atoms with Crippen molar-refractivity contribution in [1.29, 1.82) is 0 Å². The first-order chi connectivity index (χ1) is 12.2. The van der Waals surface area contributed by atoms with Crippen LogP contribution in [0.1, 0.15) is 11.1 Å². The maximum absolute atomic E-state index is 11.8. The summed E-state index contributed by atoms with van der Waals surface area (Å²) in [6.45, 7) is 4.08. The van der Waals surface area contributed by atoms with Gasteiger partial charge in [0, 0.05) is 10.2 Å². The zero-order valence-electron chi connectivity index (χ0n) is 13.7. The van der Waals surface area contributed by atoms with Crippen LogP contribution in [0.25, 0.3) is 0 Å². The molecular formula is C19H19BrN2O2S. The fourth-order valence-electron chi connectivity index (χ4n) is 1.89. The second-order valence-corrected chi connectivity index (χ2v) is 6.89. The summed E-state index contributed by atoms with van der Waals surface area (Å²) in [7, 11) is 0. The number of nitrogens with zero attached hydrogens (tertiary/aromatic N) is 1. The van der Waals surface area contributed by atoms with Gasteiger partial charge in [-0.3, -0.25) is 4.79 Å². The number of hydrogen-bond donors (Lipinski definition) is 1. The molecule has 0 fully saturated rings. The highest BCUT2D eigenvalue weighted by Crippen LogP contribution is 2.21. The zero-order valence-corrected chi connectivity index (χ0v) is 16.1. The van der Waals surface area contributed by atoms with Gasteiger partial charge in [-0.15, -0.1) is 11.8 Å².